The van der Waals surface area contributed by atoms with Crippen molar-refractivity contribution in [3.63, 3.8) is 0 Å². The van der Waals surface area contributed by atoms with Gasteiger partial charge in [-0.15, -0.1) is 0 Å². The van der Waals surface area contributed by atoms with E-state index in [1.54, 1.807) is 0 Å². The van der Waals surface area contributed by atoms with E-state index in [1.807, 2.05) is 14.0 Å². The summed E-state index contributed by atoms with van der Waals surface area (Å²) >= 11 is 0. The highest BCUT2D eigenvalue weighted by molar-refractivity contribution is 5.79. The van der Waals surface area contributed by atoms with Crippen molar-refractivity contribution in [3.05, 3.63) is 0 Å². The zero-order chi connectivity index (χ0) is 12.6. The predicted molar refractivity (Wildman–Crippen MR) is 66.6 cm³/mol. The molecule has 17 heavy (non-hydrogen) atoms. The van der Waals surface area contributed by atoms with Crippen LogP contribution in [0.2, 0.25) is 0 Å². The lowest BCUT2D eigenvalue weighted by atomic mass is 9.57. The number of nitrogens with one attached hydrogen (secondary N) is 2. The highest BCUT2D eigenvalue weighted by Crippen LogP contribution is 2.52. The van der Waals surface area contributed by atoms with Gasteiger partial charge >= 0.3 is 0 Å². The van der Waals surface area contributed by atoms with Crippen molar-refractivity contribution in [1.29, 1.82) is 0 Å². The summed E-state index contributed by atoms with van der Waals surface area (Å²) in [7, 11) is 1.87. The summed E-state index contributed by atoms with van der Waals surface area (Å²) in [6.45, 7) is 7.90. The molecule has 4 atom stereocenters. The minimum absolute atomic E-state index is 0.0252. The molecule has 4 heteroatoms. The Morgan fingerprint density at radius 3 is 2.88 bits per heavy atom. The third-order valence-corrected chi connectivity index (χ3v) is 4.36. The second kappa shape index (κ2) is 4.58. The van der Waals surface area contributed by atoms with Crippen LogP contribution in [0.25, 0.3) is 0 Å². The molecule has 2 aliphatic rings. The molecule has 1 aliphatic carbocycles. The van der Waals surface area contributed by atoms with Gasteiger partial charge in [0, 0.05) is 36.4 Å². The Hall–Kier alpha value is -0.610. The quantitative estimate of drug-likeness (QED) is 0.763. The van der Waals surface area contributed by atoms with Crippen molar-refractivity contribution in [1.82, 2.24) is 10.6 Å². The van der Waals surface area contributed by atoms with Crippen LogP contribution in [-0.2, 0) is 9.53 Å². The van der Waals surface area contributed by atoms with E-state index in [1.165, 1.54) is 0 Å². The van der Waals surface area contributed by atoms with E-state index >= 15 is 0 Å². The molecule has 1 saturated carbocycles. The van der Waals surface area contributed by atoms with Crippen molar-refractivity contribution in [2.75, 3.05) is 20.2 Å². The van der Waals surface area contributed by atoms with Crippen LogP contribution in [0.5, 0.6) is 0 Å². The molecule has 1 saturated heterocycles. The Bertz CT molecular complexity index is 304. The van der Waals surface area contributed by atoms with Gasteiger partial charge in [-0.3, -0.25) is 4.79 Å². The van der Waals surface area contributed by atoms with Gasteiger partial charge in [0.2, 0.25) is 5.91 Å². The average Bonchev–Trinajstić information content (AvgIpc) is 2.72. The van der Waals surface area contributed by atoms with Gasteiger partial charge in [0.25, 0.3) is 0 Å². The standard InChI is InChI=1S/C13H24N2O2/c1-8(7-14-4)12(16)15-10-9-5-6-17-11(9)13(10,2)3/h8-11,14H,5-7H2,1-4H3,(H,15,16). The summed E-state index contributed by atoms with van der Waals surface area (Å²) in [5.74, 6) is 0.704. The van der Waals surface area contributed by atoms with E-state index in [0.29, 0.717) is 12.0 Å². The number of hydrogen-bond donors (Lipinski definition) is 2. The Balaban J connectivity index is 1.93. The van der Waals surface area contributed by atoms with Gasteiger partial charge in [0.05, 0.1) is 6.10 Å². The van der Waals surface area contributed by atoms with E-state index in [-0.39, 0.29) is 23.3 Å². The number of carbonyl (C=O) groups is 1. The maximum Gasteiger partial charge on any atom is 0.224 e. The predicted octanol–water partition coefficient (Wildman–Crippen LogP) is 0.772. The fraction of sp³-hybridized carbons (Fsp3) is 0.923. The van der Waals surface area contributed by atoms with Crippen LogP contribution >= 0.6 is 0 Å². The number of hydrogen-bond acceptors (Lipinski definition) is 3. The maximum absolute atomic E-state index is 12.0. The highest BCUT2D eigenvalue weighted by Gasteiger charge is 2.59. The summed E-state index contributed by atoms with van der Waals surface area (Å²) in [6.07, 6.45) is 1.42. The van der Waals surface area contributed by atoms with E-state index < -0.39 is 0 Å². The van der Waals surface area contributed by atoms with Crippen molar-refractivity contribution >= 4 is 5.91 Å². The molecule has 4 nitrogen and oxygen atoms in total. The number of fused-ring (bicyclic) bond motifs is 1. The second-order valence-corrected chi connectivity index (χ2v) is 6.01. The number of rotatable bonds is 4. The first-order valence-corrected chi connectivity index (χ1v) is 6.55. The van der Waals surface area contributed by atoms with Crippen molar-refractivity contribution < 1.29 is 9.53 Å². The molecule has 2 N–H and O–H groups in total. The molecule has 1 aliphatic heterocycles. The Kier molecular flexibility index (Phi) is 3.46. The molecule has 0 radical (unpaired) electrons. The molecule has 2 fully saturated rings. The monoisotopic (exact) mass is 240 g/mol. The fourth-order valence-electron chi connectivity index (χ4n) is 3.31. The van der Waals surface area contributed by atoms with Crippen LogP contribution in [0.1, 0.15) is 27.2 Å². The zero-order valence-electron chi connectivity index (χ0n) is 11.2. The Morgan fingerprint density at radius 1 is 1.53 bits per heavy atom. The van der Waals surface area contributed by atoms with Crippen LogP contribution in [0.4, 0.5) is 0 Å². The smallest absolute Gasteiger partial charge is 0.224 e. The first kappa shape index (κ1) is 12.8. The Morgan fingerprint density at radius 2 is 2.24 bits per heavy atom. The van der Waals surface area contributed by atoms with Gasteiger partial charge in [0.15, 0.2) is 0 Å². The number of carbonyl (C=O) groups excluding carboxylic acids is 1. The van der Waals surface area contributed by atoms with Gasteiger partial charge in [-0.05, 0) is 13.5 Å². The number of ether oxygens (including phenoxy) is 1. The summed E-state index contributed by atoms with van der Waals surface area (Å²) < 4.78 is 5.72. The molecule has 98 valence electrons. The lowest BCUT2D eigenvalue weighted by molar-refractivity contribution is -0.140. The molecule has 2 rings (SSSR count). The molecule has 0 aromatic heterocycles. The third-order valence-electron chi connectivity index (χ3n) is 4.36. The van der Waals surface area contributed by atoms with E-state index in [9.17, 15) is 4.79 Å². The van der Waals surface area contributed by atoms with Crippen LogP contribution < -0.4 is 10.6 Å². The lowest BCUT2D eigenvalue weighted by Crippen LogP contribution is -2.67. The molecule has 4 unspecified atom stereocenters. The first-order chi connectivity index (χ1) is 7.98. The first-order valence-electron chi connectivity index (χ1n) is 6.55. The zero-order valence-corrected chi connectivity index (χ0v) is 11.2. The SMILES string of the molecule is CNCC(C)C(=O)NC1C2CCOC2C1(C)C. The highest BCUT2D eigenvalue weighted by atomic mass is 16.5. The van der Waals surface area contributed by atoms with Crippen molar-refractivity contribution in [2.45, 2.75) is 39.3 Å². The summed E-state index contributed by atoms with van der Waals surface area (Å²) in [4.78, 5) is 12.0. The van der Waals surface area contributed by atoms with Gasteiger partial charge in [-0.25, -0.2) is 0 Å². The van der Waals surface area contributed by atoms with Gasteiger partial charge in [0.1, 0.15) is 0 Å². The van der Waals surface area contributed by atoms with Gasteiger partial charge in [-0.2, -0.15) is 0 Å². The molecule has 0 bridgehead atoms. The minimum Gasteiger partial charge on any atom is -0.377 e. The second-order valence-electron chi connectivity index (χ2n) is 6.01. The Labute approximate surface area is 103 Å². The largest absolute Gasteiger partial charge is 0.377 e. The van der Waals surface area contributed by atoms with Crippen LogP contribution in [0, 0.1) is 17.3 Å². The van der Waals surface area contributed by atoms with Crippen LogP contribution in [-0.4, -0.2) is 38.3 Å². The summed E-state index contributed by atoms with van der Waals surface area (Å²) in [6, 6.07) is 0.279. The lowest BCUT2D eigenvalue weighted by Gasteiger charge is -2.54. The normalized spacial score (nSPS) is 35.9. The molecule has 0 spiro atoms. The van der Waals surface area contributed by atoms with Crippen molar-refractivity contribution in [2.24, 2.45) is 17.3 Å². The van der Waals surface area contributed by atoms with Gasteiger partial charge in [-0.1, -0.05) is 20.8 Å². The third kappa shape index (κ3) is 2.08. The molecular formula is C13H24N2O2. The molecule has 1 amide bonds. The van der Waals surface area contributed by atoms with Crippen LogP contribution in [0.3, 0.4) is 0 Å². The van der Waals surface area contributed by atoms with Crippen molar-refractivity contribution in [3.8, 4) is 0 Å². The van der Waals surface area contributed by atoms with Crippen LogP contribution in [0.15, 0.2) is 0 Å². The van der Waals surface area contributed by atoms with E-state index in [0.717, 1.165) is 19.6 Å². The maximum atomic E-state index is 12.0. The van der Waals surface area contributed by atoms with E-state index in [2.05, 4.69) is 24.5 Å². The molecular weight excluding hydrogens is 216 g/mol. The average molecular weight is 240 g/mol. The van der Waals surface area contributed by atoms with E-state index in [4.69, 9.17) is 4.74 Å². The minimum atomic E-state index is 0.0252. The molecule has 1 heterocycles. The summed E-state index contributed by atoms with van der Waals surface area (Å²) in [5, 5.41) is 6.24. The molecule has 0 aromatic carbocycles. The number of amides is 1. The summed E-state index contributed by atoms with van der Waals surface area (Å²) in [5.41, 5.74) is 0.0796. The molecule has 0 aromatic rings. The topological polar surface area (TPSA) is 50.4 Å². The fourth-order valence-corrected chi connectivity index (χ4v) is 3.31. The van der Waals surface area contributed by atoms with Gasteiger partial charge < -0.3 is 15.4 Å².